The van der Waals surface area contributed by atoms with Gasteiger partial charge in [0.2, 0.25) is 5.95 Å². The van der Waals surface area contributed by atoms with Crippen LogP contribution in [0.5, 0.6) is 0 Å². The number of hydrogen-bond donors (Lipinski definition) is 2. The molecule has 2 aromatic rings. The molecule has 0 amide bonds. The molecule has 0 aliphatic carbocycles. The Morgan fingerprint density at radius 1 is 1.05 bits per heavy atom. The number of anilines is 4. The van der Waals surface area contributed by atoms with Gasteiger partial charge in [-0.05, 0) is 37.4 Å². The SMILES string of the molecule is CN1CCN(c2ccc(Nc3nccc(N)n3)cc2)CC1. The van der Waals surface area contributed by atoms with Crippen LogP contribution in [0.15, 0.2) is 36.5 Å². The van der Waals surface area contributed by atoms with Crippen LogP contribution in [0.25, 0.3) is 0 Å². The van der Waals surface area contributed by atoms with Crippen LogP contribution in [0, 0.1) is 0 Å². The molecule has 3 N–H and O–H groups in total. The minimum absolute atomic E-state index is 0.460. The topological polar surface area (TPSA) is 70.3 Å². The molecule has 0 saturated carbocycles. The Balaban J connectivity index is 1.66. The third kappa shape index (κ3) is 3.41. The van der Waals surface area contributed by atoms with E-state index in [1.807, 2.05) is 12.1 Å². The zero-order chi connectivity index (χ0) is 14.7. The molecule has 1 aromatic carbocycles. The van der Waals surface area contributed by atoms with E-state index in [2.05, 4.69) is 44.3 Å². The summed E-state index contributed by atoms with van der Waals surface area (Å²) in [5.41, 5.74) is 7.85. The van der Waals surface area contributed by atoms with Crippen molar-refractivity contribution in [2.45, 2.75) is 0 Å². The number of hydrogen-bond acceptors (Lipinski definition) is 6. The molecule has 2 heterocycles. The van der Waals surface area contributed by atoms with Gasteiger partial charge in [0.1, 0.15) is 5.82 Å². The Labute approximate surface area is 124 Å². The van der Waals surface area contributed by atoms with E-state index < -0.39 is 0 Å². The highest BCUT2D eigenvalue weighted by Gasteiger charge is 2.13. The average molecular weight is 284 g/mol. The molecule has 0 unspecified atom stereocenters. The summed E-state index contributed by atoms with van der Waals surface area (Å²) >= 11 is 0. The van der Waals surface area contributed by atoms with Crippen LogP contribution >= 0.6 is 0 Å². The molecular weight excluding hydrogens is 264 g/mol. The van der Waals surface area contributed by atoms with Crippen molar-refractivity contribution in [1.29, 1.82) is 0 Å². The van der Waals surface area contributed by atoms with Gasteiger partial charge in [-0.1, -0.05) is 0 Å². The Morgan fingerprint density at radius 2 is 1.76 bits per heavy atom. The second-order valence-electron chi connectivity index (χ2n) is 5.27. The van der Waals surface area contributed by atoms with Gasteiger partial charge in [0.15, 0.2) is 0 Å². The molecule has 6 heteroatoms. The van der Waals surface area contributed by atoms with Crippen molar-refractivity contribution in [3.8, 4) is 0 Å². The number of benzene rings is 1. The summed E-state index contributed by atoms with van der Waals surface area (Å²) < 4.78 is 0. The molecule has 0 bridgehead atoms. The van der Waals surface area contributed by atoms with Crippen molar-refractivity contribution in [3.63, 3.8) is 0 Å². The highest BCUT2D eigenvalue weighted by Crippen LogP contribution is 2.20. The zero-order valence-electron chi connectivity index (χ0n) is 12.2. The Kier molecular flexibility index (Phi) is 3.87. The number of rotatable bonds is 3. The lowest BCUT2D eigenvalue weighted by atomic mass is 10.2. The first-order chi connectivity index (χ1) is 10.2. The lowest BCUT2D eigenvalue weighted by molar-refractivity contribution is 0.313. The summed E-state index contributed by atoms with van der Waals surface area (Å²) in [5, 5.41) is 3.15. The normalized spacial score (nSPS) is 16.0. The van der Waals surface area contributed by atoms with Crippen LogP contribution in [0.4, 0.5) is 23.1 Å². The van der Waals surface area contributed by atoms with E-state index in [0.717, 1.165) is 31.9 Å². The average Bonchev–Trinajstić information content (AvgIpc) is 2.49. The third-order valence-electron chi connectivity index (χ3n) is 3.67. The second kappa shape index (κ2) is 5.97. The number of nitrogens with two attached hydrogens (primary N) is 1. The van der Waals surface area contributed by atoms with Gasteiger partial charge in [0.05, 0.1) is 0 Å². The van der Waals surface area contributed by atoms with Crippen molar-refractivity contribution in [2.24, 2.45) is 0 Å². The number of nitrogen functional groups attached to an aromatic ring is 1. The first-order valence-corrected chi connectivity index (χ1v) is 7.10. The van der Waals surface area contributed by atoms with E-state index >= 15 is 0 Å². The van der Waals surface area contributed by atoms with E-state index in [1.54, 1.807) is 12.3 Å². The first kappa shape index (κ1) is 13.6. The summed E-state index contributed by atoms with van der Waals surface area (Å²) in [5.74, 6) is 0.976. The fraction of sp³-hybridized carbons (Fsp3) is 0.333. The van der Waals surface area contributed by atoms with E-state index in [0.29, 0.717) is 11.8 Å². The van der Waals surface area contributed by atoms with E-state index in [4.69, 9.17) is 5.73 Å². The fourth-order valence-electron chi connectivity index (χ4n) is 2.38. The van der Waals surface area contributed by atoms with Gasteiger partial charge in [0, 0.05) is 43.8 Å². The van der Waals surface area contributed by atoms with Crippen LogP contribution < -0.4 is 16.0 Å². The quantitative estimate of drug-likeness (QED) is 0.891. The summed E-state index contributed by atoms with van der Waals surface area (Å²) in [7, 11) is 2.16. The summed E-state index contributed by atoms with van der Waals surface area (Å²) in [4.78, 5) is 13.0. The molecule has 1 aromatic heterocycles. The summed E-state index contributed by atoms with van der Waals surface area (Å²) in [6.45, 7) is 4.36. The Bertz CT molecular complexity index is 589. The maximum Gasteiger partial charge on any atom is 0.229 e. The molecule has 1 fully saturated rings. The molecule has 0 spiro atoms. The van der Waals surface area contributed by atoms with Crippen molar-refractivity contribution in [1.82, 2.24) is 14.9 Å². The lowest BCUT2D eigenvalue weighted by Gasteiger charge is -2.34. The van der Waals surface area contributed by atoms with E-state index in [-0.39, 0.29) is 0 Å². The molecule has 110 valence electrons. The zero-order valence-corrected chi connectivity index (χ0v) is 12.2. The Morgan fingerprint density at radius 3 is 2.43 bits per heavy atom. The van der Waals surface area contributed by atoms with Crippen LogP contribution in [0.2, 0.25) is 0 Å². The van der Waals surface area contributed by atoms with Crippen molar-refractivity contribution in [3.05, 3.63) is 36.5 Å². The minimum atomic E-state index is 0.460. The number of likely N-dealkylation sites (N-methyl/N-ethyl adjacent to an activating group) is 1. The minimum Gasteiger partial charge on any atom is -0.384 e. The predicted molar refractivity (Wildman–Crippen MR) is 85.9 cm³/mol. The maximum atomic E-state index is 5.64. The van der Waals surface area contributed by atoms with Crippen LogP contribution in [-0.4, -0.2) is 48.1 Å². The molecule has 6 nitrogen and oxygen atoms in total. The Hall–Kier alpha value is -2.34. The van der Waals surface area contributed by atoms with Crippen molar-refractivity contribution < 1.29 is 0 Å². The number of nitrogens with one attached hydrogen (secondary N) is 1. The molecule has 0 radical (unpaired) electrons. The van der Waals surface area contributed by atoms with Gasteiger partial charge in [-0.15, -0.1) is 0 Å². The van der Waals surface area contributed by atoms with E-state index in [9.17, 15) is 0 Å². The maximum absolute atomic E-state index is 5.64. The van der Waals surface area contributed by atoms with E-state index in [1.165, 1.54) is 5.69 Å². The van der Waals surface area contributed by atoms with Gasteiger partial charge in [-0.2, -0.15) is 4.98 Å². The number of nitrogens with zero attached hydrogens (tertiary/aromatic N) is 4. The van der Waals surface area contributed by atoms with Crippen molar-refractivity contribution >= 4 is 23.1 Å². The monoisotopic (exact) mass is 284 g/mol. The van der Waals surface area contributed by atoms with Crippen LogP contribution in [0.1, 0.15) is 0 Å². The predicted octanol–water partition coefficient (Wildman–Crippen LogP) is 1.55. The smallest absolute Gasteiger partial charge is 0.229 e. The molecule has 1 saturated heterocycles. The summed E-state index contributed by atoms with van der Waals surface area (Å²) in [6, 6.07) is 10.0. The van der Waals surface area contributed by atoms with Gasteiger partial charge in [0.25, 0.3) is 0 Å². The highest BCUT2D eigenvalue weighted by molar-refractivity contribution is 5.59. The van der Waals surface area contributed by atoms with Gasteiger partial charge in [-0.3, -0.25) is 0 Å². The second-order valence-corrected chi connectivity index (χ2v) is 5.27. The molecule has 3 rings (SSSR count). The molecule has 1 aliphatic rings. The molecular formula is C15H20N6. The number of aromatic nitrogens is 2. The van der Waals surface area contributed by atoms with Crippen LogP contribution in [0.3, 0.4) is 0 Å². The fourth-order valence-corrected chi connectivity index (χ4v) is 2.38. The standard InChI is InChI=1S/C15H20N6/c1-20-8-10-21(11-9-20)13-4-2-12(3-5-13)18-15-17-7-6-14(16)19-15/h2-7H,8-11H2,1H3,(H3,16,17,18,19). The third-order valence-corrected chi connectivity index (χ3v) is 3.67. The van der Waals surface area contributed by atoms with Gasteiger partial charge < -0.3 is 20.9 Å². The largest absolute Gasteiger partial charge is 0.384 e. The summed E-state index contributed by atoms with van der Waals surface area (Å²) in [6.07, 6.45) is 1.64. The molecule has 0 atom stereocenters. The van der Waals surface area contributed by atoms with Gasteiger partial charge >= 0.3 is 0 Å². The van der Waals surface area contributed by atoms with Crippen LogP contribution in [-0.2, 0) is 0 Å². The lowest BCUT2D eigenvalue weighted by Crippen LogP contribution is -2.44. The first-order valence-electron chi connectivity index (χ1n) is 7.10. The molecule has 1 aliphatic heterocycles. The van der Waals surface area contributed by atoms with Gasteiger partial charge in [-0.25, -0.2) is 4.98 Å². The molecule has 21 heavy (non-hydrogen) atoms. The highest BCUT2D eigenvalue weighted by atomic mass is 15.2. The van der Waals surface area contributed by atoms with Crippen molar-refractivity contribution in [2.75, 3.05) is 49.2 Å². The number of piperazine rings is 1.